The van der Waals surface area contributed by atoms with E-state index in [1.54, 1.807) is 18.2 Å². The van der Waals surface area contributed by atoms with Crippen LogP contribution < -0.4 is 10.5 Å². The molecule has 0 aliphatic rings. The van der Waals surface area contributed by atoms with E-state index in [0.29, 0.717) is 22.2 Å². The normalized spacial score (nSPS) is 10.4. The maximum atomic E-state index is 10.9. The van der Waals surface area contributed by atoms with Crippen molar-refractivity contribution in [2.75, 3.05) is 12.8 Å². The highest BCUT2D eigenvalue weighted by Gasteiger charge is 2.11. The minimum atomic E-state index is -0.438. The summed E-state index contributed by atoms with van der Waals surface area (Å²) in [5, 5.41) is 11.5. The second-order valence-corrected chi connectivity index (χ2v) is 5.70. The first-order valence-electron chi connectivity index (χ1n) is 6.00. The van der Waals surface area contributed by atoms with Crippen LogP contribution in [0.15, 0.2) is 41.3 Å². The van der Waals surface area contributed by atoms with Gasteiger partial charge in [-0.2, -0.15) is 0 Å². The van der Waals surface area contributed by atoms with Gasteiger partial charge in [-0.3, -0.25) is 10.1 Å². The summed E-state index contributed by atoms with van der Waals surface area (Å²) in [6.07, 6.45) is 0. The molecule has 0 aliphatic heterocycles. The molecule has 2 N–H and O–H groups in total. The predicted molar refractivity (Wildman–Crippen MR) is 85.1 cm³/mol. The number of thioether (sulfide) groups is 1. The van der Waals surface area contributed by atoms with Gasteiger partial charge in [0.1, 0.15) is 5.75 Å². The van der Waals surface area contributed by atoms with Crippen LogP contribution in [-0.2, 0) is 5.75 Å². The largest absolute Gasteiger partial charge is 0.496 e. The molecular weight excluding hydrogens is 312 g/mol. The highest BCUT2D eigenvalue weighted by atomic mass is 35.5. The molecule has 0 spiro atoms. The van der Waals surface area contributed by atoms with Gasteiger partial charge in [-0.05, 0) is 29.8 Å². The minimum Gasteiger partial charge on any atom is -0.496 e. The fourth-order valence-corrected chi connectivity index (χ4v) is 2.95. The van der Waals surface area contributed by atoms with E-state index < -0.39 is 4.92 Å². The molecule has 0 heterocycles. The number of anilines is 1. The summed E-state index contributed by atoms with van der Waals surface area (Å²) in [7, 11) is 1.48. The summed E-state index contributed by atoms with van der Waals surface area (Å²) in [6, 6.07) is 9.97. The SMILES string of the molecule is COc1cc(CSc2ccc(N)cc2Cl)cc([N+](=O)[O-])c1. The highest BCUT2D eigenvalue weighted by Crippen LogP contribution is 2.33. The van der Waals surface area contributed by atoms with Crippen molar-refractivity contribution in [2.45, 2.75) is 10.6 Å². The summed E-state index contributed by atoms with van der Waals surface area (Å²) >= 11 is 7.59. The van der Waals surface area contributed by atoms with Gasteiger partial charge in [0.2, 0.25) is 0 Å². The van der Waals surface area contributed by atoms with E-state index in [-0.39, 0.29) is 5.69 Å². The van der Waals surface area contributed by atoms with Gasteiger partial charge in [0.15, 0.2) is 0 Å². The number of rotatable bonds is 5. The summed E-state index contributed by atoms with van der Waals surface area (Å²) in [5.41, 5.74) is 7.04. The molecule has 110 valence electrons. The Balaban J connectivity index is 2.19. The Labute approximate surface area is 131 Å². The summed E-state index contributed by atoms with van der Waals surface area (Å²) < 4.78 is 5.08. The Morgan fingerprint density at radius 2 is 2.10 bits per heavy atom. The number of methoxy groups -OCH3 is 1. The lowest BCUT2D eigenvalue weighted by Crippen LogP contribution is -1.93. The van der Waals surface area contributed by atoms with Crippen LogP contribution in [0.5, 0.6) is 5.75 Å². The van der Waals surface area contributed by atoms with Crippen LogP contribution in [-0.4, -0.2) is 12.0 Å². The fourth-order valence-electron chi connectivity index (χ4n) is 1.75. The van der Waals surface area contributed by atoms with Crippen molar-refractivity contribution in [3.63, 3.8) is 0 Å². The number of nitro benzene ring substituents is 1. The first-order chi connectivity index (χ1) is 9.99. The number of benzene rings is 2. The van der Waals surface area contributed by atoms with E-state index >= 15 is 0 Å². The Bertz CT molecular complexity index is 679. The second-order valence-electron chi connectivity index (χ2n) is 4.27. The minimum absolute atomic E-state index is 0.00773. The molecule has 0 atom stereocenters. The van der Waals surface area contributed by atoms with E-state index in [2.05, 4.69) is 0 Å². The third-order valence-corrected chi connectivity index (χ3v) is 4.32. The van der Waals surface area contributed by atoms with Gasteiger partial charge in [-0.1, -0.05) is 11.6 Å². The van der Waals surface area contributed by atoms with Crippen molar-refractivity contribution in [1.29, 1.82) is 0 Å². The summed E-state index contributed by atoms with van der Waals surface area (Å²) in [4.78, 5) is 11.3. The first-order valence-corrected chi connectivity index (χ1v) is 7.36. The molecule has 0 unspecified atom stereocenters. The van der Waals surface area contributed by atoms with Crippen molar-refractivity contribution >= 4 is 34.7 Å². The fraction of sp³-hybridized carbons (Fsp3) is 0.143. The topological polar surface area (TPSA) is 78.4 Å². The molecule has 0 aromatic heterocycles. The molecule has 0 amide bonds. The van der Waals surface area contributed by atoms with Gasteiger partial charge in [-0.15, -0.1) is 11.8 Å². The molecule has 0 bridgehead atoms. The molecule has 0 fully saturated rings. The van der Waals surface area contributed by atoms with Crippen LogP contribution in [0.1, 0.15) is 5.56 Å². The van der Waals surface area contributed by atoms with Crippen molar-refractivity contribution in [3.05, 3.63) is 57.1 Å². The number of nitrogen functional groups attached to an aromatic ring is 1. The van der Waals surface area contributed by atoms with Crippen LogP contribution in [0.4, 0.5) is 11.4 Å². The summed E-state index contributed by atoms with van der Waals surface area (Å²) in [5.74, 6) is 1.00. The smallest absolute Gasteiger partial charge is 0.273 e. The number of non-ortho nitro benzene ring substituents is 1. The second kappa shape index (κ2) is 6.69. The lowest BCUT2D eigenvalue weighted by Gasteiger charge is -2.07. The third-order valence-electron chi connectivity index (χ3n) is 2.75. The first kappa shape index (κ1) is 15.5. The Morgan fingerprint density at radius 1 is 1.33 bits per heavy atom. The molecule has 5 nitrogen and oxygen atoms in total. The molecule has 0 saturated carbocycles. The number of ether oxygens (including phenoxy) is 1. The van der Waals surface area contributed by atoms with E-state index in [0.717, 1.165) is 10.5 Å². The number of nitro groups is 1. The van der Waals surface area contributed by atoms with E-state index in [4.69, 9.17) is 22.1 Å². The van der Waals surface area contributed by atoms with E-state index in [1.807, 2.05) is 6.07 Å². The average molecular weight is 325 g/mol. The number of nitrogens with zero attached hydrogens (tertiary/aromatic N) is 1. The van der Waals surface area contributed by atoms with Crippen molar-refractivity contribution in [1.82, 2.24) is 0 Å². The van der Waals surface area contributed by atoms with E-state index in [9.17, 15) is 10.1 Å². The summed E-state index contributed by atoms with van der Waals surface area (Å²) in [6.45, 7) is 0. The lowest BCUT2D eigenvalue weighted by molar-refractivity contribution is -0.385. The average Bonchev–Trinajstić information content (AvgIpc) is 2.46. The molecular formula is C14H13ClN2O3S. The number of nitrogens with two attached hydrogens (primary N) is 1. The highest BCUT2D eigenvalue weighted by molar-refractivity contribution is 7.98. The predicted octanol–water partition coefficient (Wildman–Crippen LogP) is 4.13. The van der Waals surface area contributed by atoms with Crippen molar-refractivity contribution < 1.29 is 9.66 Å². The van der Waals surface area contributed by atoms with Crippen LogP contribution in [0.3, 0.4) is 0 Å². The van der Waals surface area contributed by atoms with Crippen LogP contribution in [0.2, 0.25) is 5.02 Å². The van der Waals surface area contributed by atoms with Crippen molar-refractivity contribution in [2.24, 2.45) is 0 Å². The zero-order valence-corrected chi connectivity index (χ0v) is 12.8. The quantitative estimate of drug-likeness (QED) is 0.387. The molecule has 0 radical (unpaired) electrons. The standard InChI is InChI=1S/C14H13ClN2O3S/c1-20-12-5-9(4-11(7-12)17(18)19)8-21-14-3-2-10(16)6-13(14)15/h2-7H,8,16H2,1H3. The number of hydrogen-bond acceptors (Lipinski definition) is 5. The van der Waals surface area contributed by atoms with Crippen molar-refractivity contribution in [3.8, 4) is 5.75 Å². The zero-order chi connectivity index (χ0) is 15.4. The van der Waals surface area contributed by atoms with Crippen LogP contribution in [0, 0.1) is 10.1 Å². The number of halogens is 1. The number of hydrogen-bond donors (Lipinski definition) is 1. The third kappa shape index (κ3) is 4.03. The van der Waals surface area contributed by atoms with Crippen LogP contribution >= 0.6 is 23.4 Å². The maximum Gasteiger partial charge on any atom is 0.273 e. The molecule has 2 rings (SSSR count). The molecule has 2 aromatic rings. The Morgan fingerprint density at radius 3 is 2.71 bits per heavy atom. The van der Waals surface area contributed by atoms with Gasteiger partial charge in [0, 0.05) is 22.4 Å². The lowest BCUT2D eigenvalue weighted by atomic mass is 10.2. The van der Waals surface area contributed by atoms with Gasteiger partial charge in [0.25, 0.3) is 5.69 Å². The van der Waals surface area contributed by atoms with E-state index in [1.165, 1.54) is 31.0 Å². The molecule has 0 saturated heterocycles. The van der Waals surface area contributed by atoms with Gasteiger partial charge in [0.05, 0.1) is 23.1 Å². The molecule has 0 aliphatic carbocycles. The zero-order valence-electron chi connectivity index (χ0n) is 11.2. The molecule has 2 aromatic carbocycles. The van der Waals surface area contributed by atoms with Gasteiger partial charge >= 0.3 is 0 Å². The monoisotopic (exact) mass is 324 g/mol. The molecule has 7 heteroatoms. The van der Waals surface area contributed by atoms with Crippen LogP contribution in [0.25, 0.3) is 0 Å². The maximum absolute atomic E-state index is 10.9. The molecule has 21 heavy (non-hydrogen) atoms. The van der Waals surface area contributed by atoms with Gasteiger partial charge in [-0.25, -0.2) is 0 Å². The Hall–Kier alpha value is -1.92. The Kier molecular flexibility index (Phi) is 4.93. The van der Waals surface area contributed by atoms with Gasteiger partial charge < -0.3 is 10.5 Å².